The van der Waals surface area contributed by atoms with E-state index in [4.69, 9.17) is 0 Å². The third-order valence-corrected chi connectivity index (χ3v) is 5.17. The molecule has 6 nitrogen and oxygen atoms in total. The third-order valence-electron chi connectivity index (χ3n) is 3.80. The van der Waals surface area contributed by atoms with Gasteiger partial charge < -0.3 is 10.2 Å². The van der Waals surface area contributed by atoms with Gasteiger partial charge in [-0.2, -0.15) is 0 Å². The van der Waals surface area contributed by atoms with Crippen molar-refractivity contribution in [1.82, 2.24) is 10.2 Å². The molecule has 1 aromatic carbocycles. The Morgan fingerprint density at radius 1 is 1.08 bits per heavy atom. The van der Waals surface area contributed by atoms with Crippen molar-refractivity contribution in [3.8, 4) is 0 Å². The molecule has 0 heterocycles. The Labute approximate surface area is 162 Å². The molecule has 0 spiro atoms. The number of benzene rings is 1. The molecule has 0 atom stereocenters. The zero-order valence-electron chi connectivity index (χ0n) is 15.2. The predicted molar refractivity (Wildman–Crippen MR) is 109 cm³/mol. The fourth-order valence-electron chi connectivity index (χ4n) is 2.22. The Kier molecular flexibility index (Phi) is 11.7. The van der Waals surface area contributed by atoms with E-state index in [2.05, 4.69) is 28.8 Å². The highest BCUT2D eigenvalue weighted by Gasteiger charge is 2.10. The molecule has 1 rings (SSSR count). The summed E-state index contributed by atoms with van der Waals surface area (Å²) in [6.07, 6.45) is 1.45. The summed E-state index contributed by atoms with van der Waals surface area (Å²) < 4.78 is 26.2. The van der Waals surface area contributed by atoms with Crippen molar-refractivity contribution in [1.29, 1.82) is 0 Å². The number of amides is 1. The van der Waals surface area contributed by atoms with E-state index in [9.17, 15) is 13.2 Å². The lowest BCUT2D eigenvalue weighted by molar-refractivity contribution is 0.0949. The molecule has 0 radical (unpaired) electrons. The van der Waals surface area contributed by atoms with Crippen LogP contribution >= 0.6 is 17.0 Å². The Hall–Kier alpha value is -1.12. The molecule has 0 saturated carbocycles. The highest BCUT2D eigenvalue weighted by atomic mass is 79.9. The van der Waals surface area contributed by atoms with Gasteiger partial charge in [0, 0.05) is 24.3 Å². The lowest BCUT2D eigenvalue weighted by Crippen LogP contribution is -2.34. The summed E-state index contributed by atoms with van der Waals surface area (Å²) in [5.41, 5.74) is 0.997. The first kappa shape index (κ1) is 23.9. The molecule has 0 aliphatic rings. The van der Waals surface area contributed by atoms with Crippen molar-refractivity contribution in [2.24, 2.45) is 0 Å². The topological polar surface area (TPSA) is 78.5 Å². The number of anilines is 1. The number of halogens is 1. The van der Waals surface area contributed by atoms with Crippen LogP contribution in [-0.4, -0.2) is 51.2 Å². The van der Waals surface area contributed by atoms with E-state index in [1.807, 2.05) is 6.92 Å². The van der Waals surface area contributed by atoms with Crippen LogP contribution in [0.25, 0.3) is 0 Å². The van der Waals surface area contributed by atoms with Crippen molar-refractivity contribution in [3.63, 3.8) is 0 Å². The second-order valence-electron chi connectivity index (χ2n) is 5.63. The molecule has 1 aromatic rings. The molecule has 0 fully saturated rings. The number of carbonyl (C=O) groups is 1. The van der Waals surface area contributed by atoms with Crippen molar-refractivity contribution in [3.05, 3.63) is 29.8 Å². The molecule has 0 saturated heterocycles. The van der Waals surface area contributed by atoms with Crippen molar-refractivity contribution < 1.29 is 13.2 Å². The van der Waals surface area contributed by atoms with Gasteiger partial charge >= 0.3 is 0 Å². The molecule has 144 valence electrons. The molecule has 0 aliphatic carbocycles. The van der Waals surface area contributed by atoms with Gasteiger partial charge in [0.05, 0.1) is 5.75 Å². The van der Waals surface area contributed by atoms with Crippen LogP contribution in [0.15, 0.2) is 24.3 Å². The molecule has 1 amide bonds. The molecule has 2 N–H and O–H groups in total. The highest BCUT2D eigenvalue weighted by molar-refractivity contribution is 8.93. The summed E-state index contributed by atoms with van der Waals surface area (Å²) in [4.78, 5) is 14.3. The number of nitrogens with zero attached hydrogens (tertiary/aromatic N) is 1. The minimum atomic E-state index is -3.32. The van der Waals surface area contributed by atoms with Gasteiger partial charge in [-0.15, -0.1) is 17.0 Å². The number of carbonyl (C=O) groups excluding carboxylic acids is 1. The van der Waals surface area contributed by atoms with Crippen LogP contribution in [0.4, 0.5) is 5.69 Å². The van der Waals surface area contributed by atoms with Crippen molar-refractivity contribution >= 4 is 38.6 Å². The quantitative estimate of drug-likeness (QED) is 0.559. The largest absolute Gasteiger partial charge is 0.351 e. The number of rotatable bonds is 11. The number of hydrogen-bond acceptors (Lipinski definition) is 4. The van der Waals surface area contributed by atoms with Crippen LogP contribution in [0.1, 0.15) is 44.0 Å². The fourth-order valence-corrected chi connectivity index (χ4v) is 3.49. The Morgan fingerprint density at radius 3 is 2.20 bits per heavy atom. The monoisotopic (exact) mass is 435 g/mol. The smallest absolute Gasteiger partial charge is 0.251 e. The van der Waals surface area contributed by atoms with E-state index in [1.54, 1.807) is 24.3 Å². The summed E-state index contributed by atoms with van der Waals surface area (Å²) in [5.74, 6) is -0.0422. The average molecular weight is 436 g/mol. The van der Waals surface area contributed by atoms with Crippen LogP contribution in [0, 0.1) is 0 Å². The molecule has 0 bridgehead atoms. The van der Waals surface area contributed by atoms with E-state index in [0.29, 0.717) is 24.2 Å². The number of unbranched alkanes of at least 4 members (excludes halogenated alkanes) is 1. The first-order valence-corrected chi connectivity index (χ1v) is 10.2. The number of nitrogens with one attached hydrogen (secondary N) is 2. The lowest BCUT2D eigenvalue weighted by atomic mass is 10.2. The van der Waals surface area contributed by atoms with E-state index in [1.165, 1.54) is 0 Å². The maximum absolute atomic E-state index is 12.1. The molecule has 8 heteroatoms. The summed E-state index contributed by atoms with van der Waals surface area (Å²) in [5, 5.41) is 2.87. The van der Waals surface area contributed by atoms with Crippen LogP contribution in [0.5, 0.6) is 0 Å². The number of sulfonamides is 1. The first-order valence-electron chi connectivity index (χ1n) is 8.53. The van der Waals surface area contributed by atoms with Crippen LogP contribution in [0.3, 0.4) is 0 Å². The standard InChI is InChI=1S/C17H29N3O3S.BrH/c1-4-7-14-24(22,23)19-16-10-8-15(9-11-16)17(21)18-12-13-20(5-2)6-3;/h8-11,19H,4-7,12-14H2,1-3H3,(H,18,21);1H. The summed E-state index contributed by atoms with van der Waals surface area (Å²) >= 11 is 0. The normalized spacial score (nSPS) is 11.0. The van der Waals surface area contributed by atoms with E-state index < -0.39 is 10.0 Å². The lowest BCUT2D eigenvalue weighted by Gasteiger charge is -2.18. The van der Waals surface area contributed by atoms with Gasteiger partial charge in [0.2, 0.25) is 10.0 Å². The minimum absolute atomic E-state index is 0. The predicted octanol–water partition coefficient (Wildman–Crippen LogP) is 2.88. The molecule has 0 unspecified atom stereocenters. The molecule has 25 heavy (non-hydrogen) atoms. The second-order valence-corrected chi connectivity index (χ2v) is 7.48. The van der Waals surface area contributed by atoms with Gasteiger partial charge in [-0.05, 0) is 43.8 Å². The van der Waals surface area contributed by atoms with E-state index in [-0.39, 0.29) is 28.6 Å². The van der Waals surface area contributed by atoms with Crippen molar-refractivity contribution in [2.45, 2.75) is 33.6 Å². The Morgan fingerprint density at radius 2 is 1.68 bits per heavy atom. The van der Waals surface area contributed by atoms with Gasteiger partial charge in [-0.3, -0.25) is 9.52 Å². The summed E-state index contributed by atoms with van der Waals surface area (Å²) in [7, 11) is -3.32. The first-order chi connectivity index (χ1) is 11.4. The molecular formula is C17H30BrN3O3S. The maximum Gasteiger partial charge on any atom is 0.251 e. The fraction of sp³-hybridized carbons (Fsp3) is 0.588. The average Bonchev–Trinajstić information content (AvgIpc) is 2.57. The van der Waals surface area contributed by atoms with Gasteiger partial charge in [-0.1, -0.05) is 27.2 Å². The van der Waals surface area contributed by atoms with Crippen molar-refractivity contribution in [2.75, 3.05) is 36.7 Å². The SMILES string of the molecule is Br.CCCCS(=O)(=O)Nc1ccc(C(=O)NCCN(CC)CC)cc1. The van der Waals surface area contributed by atoms with Gasteiger partial charge in [-0.25, -0.2) is 8.42 Å². The third kappa shape index (κ3) is 9.23. The second kappa shape index (κ2) is 12.3. The van der Waals surface area contributed by atoms with E-state index >= 15 is 0 Å². The molecular weight excluding hydrogens is 406 g/mol. The minimum Gasteiger partial charge on any atom is -0.351 e. The zero-order valence-corrected chi connectivity index (χ0v) is 17.8. The summed E-state index contributed by atoms with van der Waals surface area (Å²) in [6.45, 7) is 9.44. The van der Waals surface area contributed by atoms with Crippen LogP contribution in [-0.2, 0) is 10.0 Å². The van der Waals surface area contributed by atoms with Crippen LogP contribution < -0.4 is 10.0 Å². The van der Waals surface area contributed by atoms with Gasteiger partial charge in [0.15, 0.2) is 0 Å². The van der Waals surface area contributed by atoms with Crippen LogP contribution in [0.2, 0.25) is 0 Å². The van der Waals surface area contributed by atoms with Gasteiger partial charge in [0.25, 0.3) is 5.91 Å². The Bertz CT molecular complexity index is 602. The summed E-state index contributed by atoms with van der Waals surface area (Å²) in [6, 6.07) is 6.49. The molecule has 0 aliphatic heterocycles. The maximum atomic E-state index is 12.1. The number of hydrogen-bond donors (Lipinski definition) is 2. The highest BCUT2D eigenvalue weighted by Crippen LogP contribution is 2.12. The zero-order chi connectivity index (χ0) is 18.0. The number of likely N-dealkylation sites (N-methyl/N-ethyl adjacent to an activating group) is 1. The van der Waals surface area contributed by atoms with E-state index in [0.717, 1.165) is 26.1 Å². The molecule has 0 aromatic heterocycles. The Balaban J connectivity index is 0.00000576. The van der Waals surface area contributed by atoms with Gasteiger partial charge in [0.1, 0.15) is 0 Å².